The number of carboxylic acid groups (broad SMARTS) is 1. The molecule has 2 rings (SSSR count). The van der Waals surface area contributed by atoms with E-state index in [1.165, 1.54) is 19.2 Å². The summed E-state index contributed by atoms with van der Waals surface area (Å²) in [6.07, 6.45) is 3.39. The first kappa shape index (κ1) is 25.1. The number of carboxylic acids is 1. The molecule has 2 N–H and O–H groups in total. The number of nitrogens with one attached hydrogen (secondary N) is 1. The number of hydrogen-bond donors (Lipinski definition) is 2. The molecule has 0 unspecified atom stereocenters. The van der Waals surface area contributed by atoms with Crippen molar-refractivity contribution in [3.8, 4) is 5.75 Å². The Morgan fingerprint density at radius 3 is 2.26 bits per heavy atom. The molecule has 9 heteroatoms. The minimum absolute atomic E-state index is 0.0544. The topological polar surface area (TPSA) is 113 Å². The van der Waals surface area contributed by atoms with Crippen molar-refractivity contribution in [2.45, 2.75) is 57.3 Å². The Labute approximate surface area is 185 Å². The number of amides is 1. The maximum Gasteiger partial charge on any atom is 0.319 e. The Hall–Kier alpha value is -2.13. The predicted octanol–water partition coefficient (Wildman–Crippen LogP) is 2.88. The summed E-state index contributed by atoms with van der Waals surface area (Å²) >= 11 is 0. The first-order valence-electron chi connectivity index (χ1n) is 10.8. The molecule has 8 nitrogen and oxygen atoms in total. The molecule has 1 aliphatic heterocycles. The second-order valence-corrected chi connectivity index (χ2v) is 10.3. The fourth-order valence-corrected chi connectivity index (χ4v) is 4.85. The zero-order chi connectivity index (χ0) is 23.1. The van der Waals surface area contributed by atoms with E-state index < -0.39 is 27.3 Å². The standard InChI is InChI=1S/C22H34N2O6S/c1-17(2)11-12-22(21(26)27,20(25)24-15-5-4-6-16-24)13-14-23-31(28,29)19-9-7-18(30-3)8-10-19/h7-10,17,23H,4-6,11-16H2,1-3H3,(H,26,27)/t22-/m0/s1. The van der Waals surface area contributed by atoms with Crippen molar-refractivity contribution in [2.24, 2.45) is 11.3 Å². The van der Waals surface area contributed by atoms with Crippen molar-refractivity contribution in [2.75, 3.05) is 26.7 Å². The van der Waals surface area contributed by atoms with Crippen LogP contribution in [0.25, 0.3) is 0 Å². The third-order valence-electron chi connectivity index (χ3n) is 5.82. The summed E-state index contributed by atoms with van der Waals surface area (Å²) in [5.41, 5.74) is -1.63. The summed E-state index contributed by atoms with van der Waals surface area (Å²) < 4.78 is 32.8. The summed E-state index contributed by atoms with van der Waals surface area (Å²) in [7, 11) is -2.35. The van der Waals surface area contributed by atoms with Gasteiger partial charge in [0.05, 0.1) is 12.0 Å². The number of rotatable bonds is 11. The second-order valence-electron chi connectivity index (χ2n) is 8.50. The van der Waals surface area contributed by atoms with Crippen LogP contribution in [0.2, 0.25) is 0 Å². The van der Waals surface area contributed by atoms with Gasteiger partial charge in [-0.25, -0.2) is 13.1 Å². The van der Waals surface area contributed by atoms with Gasteiger partial charge in [-0.2, -0.15) is 0 Å². The Balaban J connectivity index is 2.18. The van der Waals surface area contributed by atoms with Crippen LogP contribution in [0.1, 0.15) is 52.4 Å². The van der Waals surface area contributed by atoms with Gasteiger partial charge in [0.1, 0.15) is 11.2 Å². The molecule has 1 saturated heterocycles. The quantitative estimate of drug-likeness (QED) is 0.497. The van der Waals surface area contributed by atoms with E-state index in [-0.39, 0.29) is 30.2 Å². The fourth-order valence-electron chi connectivity index (χ4n) is 3.82. The van der Waals surface area contributed by atoms with E-state index in [4.69, 9.17) is 4.74 Å². The fraction of sp³-hybridized carbons (Fsp3) is 0.636. The molecular formula is C22H34N2O6S. The number of hydrogen-bond acceptors (Lipinski definition) is 5. The smallest absolute Gasteiger partial charge is 0.319 e. The Morgan fingerprint density at radius 2 is 1.74 bits per heavy atom. The average molecular weight is 455 g/mol. The van der Waals surface area contributed by atoms with Crippen molar-refractivity contribution in [1.82, 2.24) is 9.62 Å². The van der Waals surface area contributed by atoms with Crippen molar-refractivity contribution in [3.63, 3.8) is 0 Å². The zero-order valence-electron chi connectivity index (χ0n) is 18.6. The number of methoxy groups -OCH3 is 1. The van der Waals surface area contributed by atoms with Crippen molar-refractivity contribution >= 4 is 21.9 Å². The number of benzene rings is 1. The van der Waals surface area contributed by atoms with Gasteiger partial charge in [0.25, 0.3) is 0 Å². The van der Waals surface area contributed by atoms with Gasteiger partial charge in [0.2, 0.25) is 15.9 Å². The maximum absolute atomic E-state index is 13.3. The molecule has 1 heterocycles. The van der Waals surface area contributed by atoms with Crippen LogP contribution in [0, 0.1) is 11.3 Å². The second kappa shape index (κ2) is 10.9. The molecule has 1 fully saturated rings. The van der Waals surface area contributed by atoms with Crippen molar-refractivity contribution < 1.29 is 27.9 Å². The van der Waals surface area contributed by atoms with Gasteiger partial charge in [0.15, 0.2) is 0 Å². The summed E-state index contributed by atoms with van der Waals surface area (Å²) in [5.74, 6) is -0.829. The minimum atomic E-state index is -3.84. The molecule has 0 spiro atoms. The molecule has 0 aromatic heterocycles. The van der Waals surface area contributed by atoms with E-state index in [1.54, 1.807) is 17.0 Å². The van der Waals surface area contributed by atoms with E-state index in [0.717, 1.165) is 19.3 Å². The molecule has 1 aromatic carbocycles. The van der Waals surface area contributed by atoms with Crippen LogP contribution in [0.4, 0.5) is 0 Å². The lowest BCUT2D eigenvalue weighted by molar-refractivity contribution is -0.162. The highest BCUT2D eigenvalue weighted by molar-refractivity contribution is 7.89. The minimum Gasteiger partial charge on any atom is -0.497 e. The molecule has 0 aliphatic carbocycles. The molecule has 1 aromatic rings. The number of carbonyl (C=O) groups is 2. The van der Waals surface area contributed by atoms with Crippen LogP contribution in [-0.4, -0.2) is 57.0 Å². The van der Waals surface area contributed by atoms with E-state index in [0.29, 0.717) is 25.3 Å². The lowest BCUT2D eigenvalue weighted by Gasteiger charge is -2.36. The van der Waals surface area contributed by atoms with Crippen LogP contribution in [0.3, 0.4) is 0 Å². The highest BCUT2D eigenvalue weighted by Gasteiger charge is 2.47. The molecular weight excluding hydrogens is 420 g/mol. The van der Waals surface area contributed by atoms with Gasteiger partial charge in [-0.05, 0) is 68.7 Å². The molecule has 1 aliphatic rings. The molecule has 1 amide bonds. The van der Waals surface area contributed by atoms with Gasteiger partial charge in [-0.3, -0.25) is 9.59 Å². The molecule has 0 saturated carbocycles. The zero-order valence-corrected chi connectivity index (χ0v) is 19.4. The van der Waals surface area contributed by atoms with Crippen LogP contribution in [-0.2, 0) is 19.6 Å². The van der Waals surface area contributed by atoms with Crippen molar-refractivity contribution in [3.05, 3.63) is 24.3 Å². The lowest BCUT2D eigenvalue weighted by atomic mass is 9.76. The Bertz CT molecular complexity index is 847. The van der Waals surface area contributed by atoms with Gasteiger partial charge in [-0.1, -0.05) is 13.8 Å². The predicted molar refractivity (Wildman–Crippen MR) is 117 cm³/mol. The average Bonchev–Trinajstić information content (AvgIpc) is 2.76. The van der Waals surface area contributed by atoms with Gasteiger partial charge in [0, 0.05) is 19.6 Å². The molecule has 174 valence electrons. The third kappa shape index (κ3) is 6.43. The summed E-state index contributed by atoms with van der Waals surface area (Å²) in [6, 6.07) is 5.92. The van der Waals surface area contributed by atoms with E-state index in [9.17, 15) is 23.1 Å². The van der Waals surface area contributed by atoms with E-state index in [1.807, 2.05) is 13.8 Å². The van der Waals surface area contributed by atoms with Crippen LogP contribution >= 0.6 is 0 Å². The first-order chi connectivity index (χ1) is 14.6. The number of likely N-dealkylation sites (tertiary alicyclic amines) is 1. The number of piperidine rings is 1. The van der Waals surface area contributed by atoms with Crippen LogP contribution in [0.15, 0.2) is 29.2 Å². The number of ether oxygens (including phenoxy) is 1. The maximum atomic E-state index is 13.3. The SMILES string of the molecule is COc1ccc(S(=O)(=O)NCC[C@](CCC(C)C)(C(=O)O)C(=O)N2CCCCC2)cc1. The Kier molecular flexibility index (Phi) is 8.88. The largest absolute Gasteiger partial charge is 0.497 e. The summed E-state index contributed by atoms with van der Waals surface area (Å²) in [5, 5.41) is 10.1. The van der Waals surface area contributed by atoms with Crippen LogP contribution in [0.5, 0.6) is 5.75 Å². The highest BCUT2D eigenvalue weighted by Crippen LogP contribution is 2.34. The number of aliphatic carboxylic acids is 1. The number of sulfonamides is 1. The summed E-state index contributed by atoms with van der Waals surface area (Å²) in [6.45, 7) is 4.91. The third-order valence-corrected chi connectivity index (χ3v) is 7.30. The summed E-state index contributed by atoms with van der Waals surface area (Å²) in [4.78, 5) is 27.4. The lowest BCUT2D eigenvalue weighted by Crippen LogP contribution is -2.51. The molecule has 1 atom stereocenters. The first-order valence-corrected chi connectivity index (χ1v) is 12.3. The van der Waals surface area contributed by atoms with Gasteiger partial charge < -0.3 is 14.7 Å². The molecule has 0 bridgehead atoms. The van der Waals surface area contributed by atoms with E-state index in [2.05, 4.69) is 4.72 Å². The normalized spacial score (nSPS) is 16.7. The Morgan fingerprint density at radius 1 is 1.13 bits per heavy atom. The van der Waals surface area contributed by atoms with Crippen molar-refractivity contribution in [1.29, 1.82) is 0 Å². The molecule has 31 heavy (non-hydrogen) atoms. The monoisotopic (exact) mass is 454 g/mol. The number of nitrogens with zero attached hydrogens (tertiary/aromatic N) is 1. The van der Waals surface area contributed by atoms with Crippen LogP contribution < -0.4 is 9.46 Å². The highest BCUT2D eigenvalue weighted by atomic mass is 32.2. The number of carbonyl (C=O) groups excluding carboxylic acids is 1. The van der Waals surface area contributed by atoms with Gasteiger partial charge in [-0.15, -0.1) is 0 Å². The van der Waals surface area contributed by atoms with Gasteiger partial charge >= 0.3 is 5.97 Å². The molecule has 0 radical (unpaired) electrons. The van der Waals surface area contributed by atoms with E-state index >= 15 is 0 Å².